The quantitative estimate of drug-likeness (QED) is 0.595. The highest BCUT2D eigenvalue weighted by Gasteiger charge is 2.26. The standard InChI is InChI=1S/C23H29FN4O2/c1-6-28(7-2)9-8-21(29)27-22-14(4)19(25-15(22)5)12-17-16-11-18(24)13(3)10-20(16)26-23(17)30/h10-12,25H,6-9H2,1-5H3,(H,26,30)(H,27,29)/b17-12-. The number of halogens is 1. The molecule has 0 aliphatic carbocycles. The highest BCUT2D eigenvalue weighted by atomic mass is 19.1. The fourth-order valence-electron chi connectivity index (χ4n) is 3.71. The van der Waals surface area contributed by atoms with Crippen molar-refractivity contribution in [2.75, 3.05) is 30.3 Å². The lowest BCUT2D eigenvalue weighted by Gasteiger charge is -2.17. The minimum atomic E-state index is -0.350. The molecular formula is C23H29FN4O2. The monoisotopic (exact) mass is 412 g/mol. The SMILES string of the molecule is CCN(CC)CCC(=O)Nc1c(C)[nH]c(/C=C2\C(=O)Nc3cc(C)c(F)cc32)c1C. The number of carbonyl (C=O) groups excluding carboxylic acids is 2. The first-order valence-corrected chi connectivity index (χ1v) is 10.3. The maximum absolute atomic E-state index is 14.1. The summed E-state index contributed by atoms with van der Waals surface area (Å²) in [5.41, 5.74) is 5.11. The van der Waals surface area contributed by atoms with Gasteiger partial charge in [-0.05, 0) is 63.2 Å². The van der Waals surface area contributed by atoms with Crippen LogP contribution in [0.3, 0.4) is 0 Å². The number of nitrogens with one attached hydrogen (secondary N) is 3. The highest BCUT2D eigenvalue weighted by Crippen LogP contribution is 2.36. The molecule has 0 fully saturated rings. The second-order valence-corrected chi connectivity index (χ2v) is 7.65. The van der Waals surface area contributed by atoms with Crippen molar-refractivity contribution in [3.8, 4) is 0 Å². The molecule has 30 heavy (non-hydrogen) atoms. The summed E-state index contributed by atoms with van der Waals surface area (Å²) in [5.74, 6) is -0.670. The summed E-state index contributed by atoms with van der Waals surface area (Å²) in [6.07, 6.45) is 2.13. The number of hydrogen-bond donors (Lipinski definition) is 3. The third-order valence-electron chi connectivity index (χ3n) is 5.66. The van der Waals surface area contributed by atoms with Gasteiger partial charge in [0, 0.05) is 35.6 Å². The molecule has 0 bridgehead atoms. The molecule has 7 heteroatoms. The smallest absolute Gasteiger partial charge is 0.256 e. The fourth-order valence-corrected chi connectivity index (χ4v) is 3.71. The van der Waals surface area contributed by atoms with Crippen molar-refractivity contribution >= 4 is 34.8 Å². The summed E-state index contributed by atoms with van der Waals surface area (Å²) >= 11 is 0. The number of fused-ring (bicyclic) bond motifs is 1. The molecule has 6 nitrogen and oxygen atoms in total. The maximum Gasteiger partial charge on any atom is 0.256 e. The summed E-state index contributed by atoms with van der Waals surface area (Å²) in [5, 5.41) is 5.77. The van der Waals surface area contributed by atoms with Gasteiger partial charge >= 0.3 is 0 Å². The van der Waals surface area contributed by atoms with Gasteiger partial charge in [-0.3, -0.25) is 9.59 Å². The van der Waals surface area contributed by atoms with E-state index in [0.29, 0.717) is 41.0 Å². The van der Waals surface area contributed by atoms with Crippen molar-refractivity contribution in [3.63, 3.8) is 0 Å². The molecule has 2 amide bonds. The Balaban J connectivity index is 1.84. The number of benzene rings is 1. The van der Waals surface area contributed by atoms with Crippen LogP contribution in [-0.2, 0) is 9.59 Å². The van der Waals surface area contributed by atoms with Gasteiger partial charge in [0.1, 0.15) is 5.82 Å². The average Bonchev–Trinajstić information content (AvgIpc) is 3.14. The molecule has 3 N–H and O–H groups in total. The van der Waals surface area contributed by atoms with E-state index in [2.05, 4.69) is 34.4 Å². The number of aryl methyl sites for hydroxylation is 2. The first kappa shape index (κ1) is 21.8. The van der Waals surface area contributed by atoms with E-state index in [1.807, 2.05) is 13.8 Å². The lowest BCUT2D eigenvalue weighted by molar-refractivity contribution is -0.116. The van der Waals surface area contributed by atoms with E-state index < -0.39 is 0 Å². The van der Waals surface area contributed by atoms with E-state index in [9.17, 15) is 14.0 Å². The van der Waals surface area contributed by atoms with Gasteiger partial charge in [-0.15, -0.1) is 0 Å². The van der Waals surface area contributed by atoms with Crippen LogP contribution in [0.15, 0.2) is 12.1 Å². The average molecular weight is 413 g/mol. The molecule has 1 aromatic heterocycles. The molecule has 2 aromatic rings. The van der Waals surface area contributed by atoms with E-state index >= 15 is 0 Å². The number of aromatic amines is 1. The topological polar surface area (TPSA) is 77.2 Å². The van der Waals surface area contributed by atoms with E-state index in [1.165, 1.54) is 6.07 Å². The molecule has 0 atom stereocenters. The molecule has 0 saturated carbocycles. The summed E-state index contributed by atoms with van der Waals surface area (Å²) in [6, 6.07) is 3.02. The van der Waals surface area contributed by atoms with Crippen LogP contribution < -0.4 is 10.6 Å². The zero-order valence-electron chi connectivity index (χ0n) is 18.2. The number of hydrogen-bond acceptors (Lipinski definition) is 3. The van der Waals surface area contributed by atoms with Crippen LogP contribution in [0.5, 0.6) is 0 Å². The first-order chi connectivity index (χ1) is 14.2. The second kappa shape index (κ2) is 8.83. The summed E-state index contributed by atoms with van der Waals surface area (Å²) in [7, 11) is 0. The van der Waals surface area contributed by atoms with Crippen LogP contribution in [0, 0.1) is 26.6 Å². The Morgan fingerprint density at radius 1 is 1.20 bits per heavy atom. The Morgan fingerprint density at radius 2 is 1.90 bits per heavy atom. The fraction of sp³-hybridized carbons (Fsp3) is 0.391. The predicted molar refractivity (Wildman–Crippen MR) is 119 cm³/mol. The number of carbonyl (C=O) groups is 2. The third kappa shape index (κ3) is 4.31. The van der Waals surface area contributed by atoms with Gasteiger partial charge in [0.2, 0.25) is 5.91 Å². The molecule has 0 unspecified atom stereocenters. The van der Waals surface area contributed by atoms with Gasteiger partial charge in [-0.2, -0.15) is 0 Å². The molecule has 3 rings (SSSR count). The number of nitrogens with zero attached hydrogens (tertiary/aromatic N) is 1. The van der Waals surface area contributed by atoms with E-state index in [0.717, 1.165) is 30.0 Å². The van der Waals surface area contributed by atoms with Gasteiger partial charge in [0.05, 0.1) is 11.3 Å². The third-order valence-corrected chi connectivity index (χ3v) is 5.66. The summed E-state index contributed by atoms with van der Waals surface area (Å²) < 4.78 is 14.1. The van der Waals surface area contributed by atoms with E-state index in [1.54, 1.807) is 19.1 Å². The number of aromatic nitrogens is 1. The van der Waals surface area contributed by atoms with Crippen LogP contribution in [-0.4, -0.2) is 41.3 Å². The summed E-state index contributed by atoms with van der Waals surface area (Å²) in [6.45, 7) is 12.1. The van der Waals surface area contributed by atoms with E-state index in [4.69, 9.17) is 0 Å². The van der Waals surface area contributed by atoms with E-state index in [-0.39, 0.29) is 17.6 Å². The molecule has 0 radical (unpaired) electrons. The molecule has 0 spiro atoms. The number of amides is 2. The van der Waals surface area contributed by atoms with Crippen molar-refractivity contribution in [1.82, 2.24) is 9.88 Å². The van der Waals surface area contributed by atoms with Crippen molar-refractivity contribution in [1.29, 1.82) is 0 Å². The Morgan fingerprint density at radius 3 is 2.57 bits per heavy atom. The van der Waals surface area contributed by atoms with Crippen LogP contribution in [0.1, 0.15) is 48.3 Å². The lowest BCUT2D eigenvalue weighted by atomic mass is 10.0. The molecule has 2 heterocycles. The second-order valence-electron chi connectivity index (χ2n) is 7.65. The van der Waals surface area contributed by atoms with Gasteiger partial charge < -0.3 is 20.5 Å². The predicted octanol–water partition coefficient (Wildman–Crippen LogP) is 4.24. The van der Waals surface area contributed by atoms with Gasteiger partial charge in [0.15, 0.2) is 0 Å². The van der Waals surface area contributed by atoms with Gasteiger partial charge in [-0.1, -0.05) is 13.8 Å². The minimum absolute atomic E-state index is 0.0483. The minimum Gasteiger partial charge on any atom is -0.357 e. The molecule has 0 saturated heterocycles. The molecule has 1 aromatic carbocycles. The Kier molecular flexibility index (Phi) is 6.41. The van der Waals surface area contributed by atoms with Crippen LogP contribution in [0.4, 0.5) is 15.8 Å². The normalized spacial score (nSPS) is 14.4. The first-order valence-electron chi connectivity index (χ1n) is 10.3. The Labute approximate surface area is 176 Å². The maximum atomic E-state index is 14.1. The van der Waals surface area contributed by atoms with Crippen molar-refractivity contribution < 1.29 is 14.0 Å². The zero-order chi connectivity index (χ0) is 22.0. The van der Waals surface area contributed by atoms with Crippen molar-refractivity contribution in [2.24, 2.45) is 0 Å². The Hall–Kier alpha value is -2.93. The summed E-state index contributed by atoms with van der Waals surface area (Å²) in [4.78, 5) is 30.3. The van der Waals surface area contributed by atoms with Crippen molar-refractivity contribution in [2.45, 2.75) is 41.0 Å². The van der Waals surface area contributed by atoms with Crippen LogP contribution in [0.25, 0.3) is 11.6 Å². The molecule has 160 valence electrons. The number of anilines is 2. The zero-order valence-corrected chi connectivity index (χ0v) is 18.2. The largest absolute Gasteiger partial charge is 0.357 e. The van der Waals surface area contributed by atoms with Crippen molar-refractivity contribution in [3.05, 3.63) is 46.0 Å². The lowest BCUT2D eigenvalue weighted by Crippen LogP contribution is -2.27. The van der Waals surface area contributed by atoms with Gasteiger partial charge in [-0.25, -0.2) is 4.39 Å². The van der Waals surface area contributed by atoms with Crippen LogP contribution >= 0.6 is 0 Å². The Bertz CT molecular complexity index is 1020. The highest BCUT2D eigenvalue weighted by molar-refractivity contribution is 6.35. The number of H-pyrrole nitrogens is 1. The van der Waals surface area contributed by atoms with Gasteiger partial charge in [0.25, 0.3) is 5.91 Å². The van der Waals surface area contributed by atoms with Crippen LogP contribution in [0.2, 0.25) is 0 Å². The molecular weight excluding hydrogens is 383 g/mol. The molecule has 1 aliphatic heterocycles. The number of rotatable bonds is 7. The molecule has 1 aliphatic rings.